The van der Waals surface area contributed by atoms with Crippen LogP contribution in [0.4, 0.5) is 10.8 Å². The highest BCUT2D eigenvalue weighted by Crippen LogP contribution is 2.31. The number of rotatable bonds is 2. The Labute approximate surface area is 147 Å². The fraction of sp³-hybridized carbons (Fsp3) is 0.647. The number of ether oxygens (including phenoxy) is 1. The van der Waals surface area contributed by atoms with Gasteiger partial charge in [0, 0.05) is 25.3 Å². The van der Waals surface area contributed by atoms with Crippen molar-refractivity contribution in [2.24, 2.45) is 0 Å². The Balaban J connectivity index is 1.54. The lowest BCUT2D eigenvalue weighted by Gasteiger charge is -2.33. The lowest BCUT2D eigenvalue weighted by molar-refractivity contribution is -0.0810. The molecular weight excluding hydrogens is 324 g/mol. The van der Waals surface area contributed by atoms with Crippen molar-refractivity contribution in [3.63, 3.8) is 0 Å². The third-order valence-electron chi connectivity index (χ3n) is 4.32. The molecule has 0 saturated carbocycles. The zero-order valence-electron chi connectivity index (χ0n) is 15.2. The minimum absolute atomic E-state index is 0.184. The largest absolute Gasteiger partial charge is 0.444 e. The van der Waals surface area contributed by atoms with Crippen LogP contribution in [0.25, 0.3) is 6.08 Å². The van der Waals surface area contributed by atoms with Gasteiger partial charge in [0.05, 0.1) is 0 Å². The van der Waals surface area contributed by atoms with Gasteiger partial charge in [0.1, 0.15) is 17.3 Å². The van der Waals surface area contributed by atoms with Crippen molar-refractivity contribution in [1.29, 1.82) is 0 Å². The molecule has 1 aromatic rings. The van der Waals surface area contributed by atoms with Crippen molar-refractivity contribution in [2.45, 2.75) is 58.2 Å². The first kappa shape index (κ1) is 17.6. The Kier molecular flexibility index (Phi) is 4.64. The predicted molar refractivity (Wildman–Crippen MR) is 92.0 cm³/mol. The van der Waals surface area contributed by atoms with Crippen LogP contribution in [0.2, 0.25) is 0 Å². The molecule has 1 atom stereocenters. The average Bonchev–Trinajstić information content (AvgIpc) is 2.93. The highest BCUT2D eigenvalue weighted by molar-refractivity contribution is 5.68. The summed E-state index contributed by atoms with van der Waals surface area (Å²) < 4.78 is 11.2. The van der Waals surface area contributed by atoms with Gasteiger partial charge in [-0.05, 0) is 46.6 Å². The van der Waals surface area contributed by atoms with Gasteiger partial charge in [-0.1, -0.05) is 0 Å². The third kappa shape index (κ3) is 4.07. The molecule has 1 fully saturated rings. The van der Waals surface area contributed by atoms with Crippen LogP contribution >= 0.6 is 0 Å². The summed E-state index contributed by atoms with van der Waals surface area (Å²) in [4.78, 5) is 18.3. The van der Waals surface area contributed by atoms with Crippen LogP contribution in [0.15, 0.2) is 10.6 Å². The lowest BCUT2D eigenvalue weighted by atomic mass is 10.1. The fourth-order valence-electron chi connectivity index (χ4n) is 2.93. The predicted octanol–water partition coefficient (Wildman–Crippen LogP) is 3.22. The molecule has 3 heterocycles. The summed E-state index contributed by atoms with van der Waals surface area (Å²) in [7, 11) is 0. The van der Waals surface area contributed by atoms with E-state index in [1.807, 2.05) is 27.7 Å². The maximum absolute atomic E-state index is 12.1. The Morgan fingerprint density at radius 1 is 1.40 bits per heavy atom. The van der Waals surface area contributed by atoms with Crippen LogP contribution in [-0.4, -0.2) is 51.0 Å². The number of aromatic nitrogens is 1. The van der Waals surface area contributed by atoms with E-state index >= 15 is 0 Å². The van der Waals surface area contributed by atoms with E-state index in [2.05, 4.69) is 10.3 Å². The summed E-state index contributed by atoms with van der Waals surface area (Å²) in [5.41, 5.74) is 0.250. The van der Waals surface area contributed by atoms with Gasteiger partial charge in [0.15, 0.2) is 5.76 Å². The molecule has 0 bridgehead atoms. The highest BCUT2D eigenvalue weighted by Gasteiger charge is 2.29. The molecule has 138 valence electrons. The highest BCUT2D eigenvalue weighted by atomic mass is 16.6. The number of carbonyl (C=O) groups is 1. The van der Waals surface area contributed by atoms with Crippen LogP contribution in [0.1, 0.15) is 58.0 Å². The SMILES string of the molecule is CC1c2oc(NC3CCN(C(=O)OC(C)(C)C)CC3)nc2C=CN1O. The van der Waals surface area contributed by atoms with Crippen LogP contribution in [0.5, 0.6) is 0 Å². The van der Waals surface area contributed by atoms with E-state index in [9.17, 15) is 10.0 Å². The van der Waals surface area contributed by atoms with Gasteiger partial charge in [0.2, 0.25) is 0 Å². The summed E-state index contributed by atoms with van der Waals surface area (Å²) in [6.07, 6.45) is 4.61. The van der Waals surface area contributed by atoms with Crippen molar-refractivity contribution in [3.05, 3.63) is 17.7 Å². The first-order chi connectivity index (χ1) is 11.7. The number of nitrogens with zero attached hydrogens (tertiary/aromatic N) is 3. The smallest absolute Gasteiger partial charge is 0.410 e. The lowest BCUT2D eigenvalue weighted by Crippen LogP contribution is -2.44. The van der Waals surface area contributed by atoms with Crippen LogP contribution in [-0.2, 0) is 4.74 Å². The molecule has 1 amide bonds. The normalized spacial score (nSPS) is 21.2. The maximum Gasteiger partial charge on any atom is 0.410 e. The molecular formula is C17H26N4O4. The van der Waals surface area contributed by atoms with Gasteiger partial charge in [-0.15, -0.1) is 0 Å². The van der Waals surface area contributed by atoms with E-state index in [0.29, 0.717) is 24.9 Å². The van der Waals surface area contributed by atoms with E-state index in [1.165, 1.54) is 0 Å². The summed E-state index contributed by atoms with van der Waals surface area (Å²) in [6, 6.07) is 0.368. The van der Waals surface area contributed by atoms with Gasteiger partial charge in [-0.2, -0.15) is 4.98 Å². The second kappa shape index (κ2) is 6.59. The molecule has 0 radical (unpaired) electrons. The standard InChI is InChI=1S/C17H26N4O4/c1-11-14-13(7-10-21(11)23)19-15(24-14)18-12-5-8-20(9-6-12)16(22)25-17(2,3)4/h7,10-12,23H,5-6,8-9H2,1-4H3,(H,18,19). The number of hydroxylamine groups is 2. The number of amides is 1. The van der Waals surface area contributed by atoms with E-state index in [-0.39, 0.29) is 18.2 Å². The Morgan fingerprint density at radius 2 is 2.08 bits per heavy atom. The topological polar surface area (TPSA) is 91.1 Å². The molecule has 2 N–H and O–H groups in total. The molecule has 1 saturated heterocycles. The fourth-order valence-corrected chi connectivity index (χ4v) is 2.93. The number of anilines is 1. The number of oxazole rings is 1. The summed E-state index contributed by atoms with van der Waals surface area (Å²) in [5.74, 6) is 0.638. The van der Waals surface area contributed by atoms with Crippen molar-refractivity contribution < 1.29 is 19.2 Å². The molecule has 25 heavy (non-hydrogen) atoms. The molecule has 2 aliphatic rings. The van der Waals surface area contributed by atoms with Gasteiger partial charge >= 0.3 is 6.09 Å². The summed E-state index contributed by atoms with van der Waals surface area (Å²) in [5, 5.41) is 14.1. The van der Waals surface area contributed by atoms with E-state index in [1.54, 1.807) is 17.2 Å². The zero-order valence-corrected chi connectivity index (χ0v) is 15.2. The number of hydrogen-bond acceptors (Lipinski definition) is 7. The number of carbonyl (C=O) groups excluding carboxylic acids is 1. The minimum Gasteiger partial charge on any atom is -0.444 e. The number of fused-ring (bicyclic) bond motifs is 1. The van der Waals surface area contributed by atoms with Crippen molar-refractivity contribution in [3.8, 4) is 0 Å². The van der Waals surface area contributed by atoms with Gasteiger partial charge < -0.3 is 19.4 Å². The Hall–Kier alpha value is -2.22. The number of hydrogen-bond donors (Lipinski definition) is 2. The molecule has 8 heteroatoms. The quantitative estimate of drug-likeness (QED) is 0.846. The van der Waals surface area contributed by atoms with Crippen molar-refractivity contribution in [2.75, 3.05) is 18.4 Å². The first-order valence-corrected chi connectivity index (χ1v) is 8.63. The van der Waals surface area contributed by atoms with Gasteiger partial charge in [-0.25, -0.2) is 4.79 Å². The van der Waals surface area contributed by atoms with Crippen LogP contribution < -0.4 is 5.32 Å². The number of likely N-dealkylation sites (tertiary alicyclic amines) is 1. The zero-order chi connectivity index (χ0) is 18.2. The molecule has 8 nitrogen and oxygen atoms in total. The van der Waals surface area contributed by atoms with Crippen molar-refractivity contribution in [1.82, 2.24) is 14.9 Å². The molecule has 1 aromatic heterocycles. The van der Waals surface area contributed by atoms with Gasteiger partial charge in [0.25, 0.3) is 6.01 Å². The first-order valence-electron chi connectivity index (χ1n) is 8.63. The Morgan fingerprint density at radius 3 is 2.72 bits per heavy atom. The molecule has 1 unspecified atom stereocenters. The van der Waals surface area contributed by atoms with E-state index in [4.69, 9.17) is 9.15 Å². The molecule has 0 aromatic carbocycles. The number of nitrogens with one attached hydrogen (secondary N) is 1. The minimum atomic E-state index is -0.478. The molecule has 2 aliphatic heterocycles. The monoisotopic (exact) mass is 350 g/mol. The second-order valence-corrected chi connectivity index (χ2v) is 7.53. The van der Waals surface area contributed by atoms with Crippen LogP contribution in [0, 0.1) is 0 Å². The molecule has 0 spiro atoms. The molecule has 3 rings (SSSR count). The molecule has 0 aliphatic carbocycles. The summed E-state index contributed by atoms with van der Waals surface area (Å²) >= 11 is 0. The third-order valence-corrected chi connectivity index (χ3v) is 4.32. The average molecular weight is 350 g/mol. The Bertz CT molecular complexity index is 656. The number of piperidine rings is 1. The summed E-state index contributed by atoms with van der Waals surface area (Å²) in [6.45, 7) is 8.71. The van der Waals surface area contributed by atoms with Crippen LogP contribution in [0.3, 0.4) is 0 Å². The second-order valence-electron chi connectivity index (χ2n) is 7.53. The van der Waals surface area contributed by atoms with E-state index in [0.717, 1.165) is 23.6 Å². The van der Waals surface area contributed by atoms with Gasteiger partial charge in [-0.3, -0.25) is 10.3 Å². The van der Waals surface area contributed by atoms with E-state index < -0.39 is 5.60 Å². The van der Waals surface area contributed by atoms with Crippen molar-refractivity contribution >= 4 is 18.2 Å². The maximum atomic E-state index is 12.1.